The van der Waals surface area contributed by atoms with Gasteiger partial charge in [0, 0.05) is 38.3 Å². The quantitative estimate of drug-likeness (QED) is 0.175. The summed E-state index contributed by atoms with van der Waals surface area (Å²) in [5, 5.41) is 9.53. The molecule has 7 aromatic carbocycles. The molecule has 0 saturated heterocycles. The topological polar surface area (TPSA) is 62.5 Å². The van der Waals surface area contributed by atoms with E-state index < -0.39 is 5.41 Å². The van der Waals surface area contributed by atoms with Crippen LogP contribution < -0.4 is 0 Å². The Balaban J connectivity index is 1.15. The lowest BCUT2D eigenvalue weighted by Gasteiger charge is -2.43. The van der Waals surface area contributed by atoms with E-state index in [0.717, 1.165) is 39.0 Å². The number of allylic oxidation sites excluding steroid dienone is 4. The van der Waals surface area contributed by atoms with Crippen LogP contribution in [-0.2, 0) is 5.41 Å². The van der Waals surface area contributed by atoms with Gasteiger partial charge in [0.15, 0.2) is 17.5 Å². The minimum Gasteiger partial charge on any atom is -0.208 e. The second-order valence-corrected chi connectivity index (χ2v) is 16.1. The minimum atomic E-state index is -0.491. The first-order chi connectivity index (χ1) is 28.7. The van der Waals surface area contributed by atoms with Crippen molar-refractivity contribution in [3.63, 3.8) is 0 Å². The van der Waals surface area contributed by atoms with E-state index in [-0.39, 0.29) is 11.8 Å². The van der Waals surface area contributed by atoms with Crippen LogP contribution >= 0.6 is 11.8 Å². The van der Waals surface area contributed by atoms with Gasteiger partial charge in [-0.1, -0.05) is 176 Å². The van der Waals surface area contributed by atoms with Crippen LogP contribution in [0.1, 0.15) is 39.3 Å². The molecule has 2 aliphatic carbocycles. The highest BCUT2D eigenvalue weighted by atomic mass is 32.2. The zero-order valence-electron chi connectivity index (χ0n) is 31.3. The summed E-state index contributed by atoms with van der Waals surface area (Å²) in [6.45, 7) is 0. The molecule has 0 saturated carbocycles. The highest BCUT2D eigenvalue weighted by Gasteiger charge is 2.56. The van der Waals surface area contributed by atoms with Crippen molar-refractivity contribution in [2.24, 2.45) is 5.92 Å². The number of rotatable bonds is 5. The predicted octanol–water partition coefficient (Wildman–Crippen LogP) is 12.6. The normalized spacial score (nSPS) is 16.7. The van der Waals surface area contributed by atoms with E-state index in [9.17, 15) is 5.26 Å². The molecule has 0 N–H and O–H groups in total. The van der Waals surface area contributed by atoms with Crippen molar-refractivity contribution in [3.8, 4) is 51.4 Å². The third kappa shape index (κ3) is 5.41. The van der Waals surface area contributed by atoms with Crippen molar-refractivity contribution in [2.45, 2.75) is 21.1 Å². The Morgan fingerprint density at radius 2 is 1.07 bits per heavy atom. The Kier molecular flexibility index (Phi) is 8.13. The number of hydrogen-bond acceptors (Lipinski definition) is 5. The number of hydrogen-bond donors (Lipinski definition) is 0. The van der Waals surface area contributed by atoms with Gasteiger partial charge in [-0.15, -0.1) is 0 Å². The van der Waals surface area contributed by atoms with E-state index in [1.807, 2.05) is 48.2 Å². The molecule has 1 aliphatic heterocycles. The maximum absolute atomic E-state index is 9.53. The van der Waals surface area contributed by atoms with Gasteiger partial charge in [-0.3, -0.25) is 0 Å². The summed E-state index contributed by atoms with van der Waals surface area (Å²) < 4.78 is 0. The highest BCUT2D eigenvalue weighted by Crippen LogP contribution is 2.65. The maximum atomic E-state index is 9.53. The number of aromatic nitrogens is 3. The van der Waals surface area contributed by atoms with Crippen molar-refractivity contribution in [1.82, 2.24) is 15.0 Å². The van der Waals surface area contributed by atoms with Crippen molar-refractivity contribution < 1.29 is 0 Å². The fourth-order valence-electron chi connectivity index (χ4n) is 9.37. The van der Waals surface area contributed by atoms with E-state index in [2.05, 4.69) is 164 Å². The van der Waals surface area contributed by atoms with Crippen LogP contribution in [0.15, 0.2) is 204 Å². The molecule has 1 spiro atoms. The second-order valence-electron chi connectivity index (χ2n) is 15.0. The number of nitriles is 1. The van der Waals surface area contributed by atoms with Gasteiger partial charge in [-0.05, 0) is 74.8 Å². The predicted molar refractivity (Wildman–Crippen MR) is 233 cm³/mol. The molecule has 3 aliphatic rings. The van der Waals surface area contributed by atoms with Crippen LogP contribution in [-0.4, -0.2) is 15.0 Å². The van der Waals surface area contributed by atoms with Gasteiger partial charge in [0.1, 0.15) is 0 Å². The van der Waals surface area contributed by atoms with Gasteiger partial charge in [0.2, 0.25) is 0 Å². The van der Waals surface area contributed by atoms with Crippen molar-refractivity contribution >= 4 is 17.3 Å². The number of nitrogens with zero attached hydrogens (tertiary/aromatic N) is 4. The van der Waals surface area contributed by atoms with Crippen LogP contribution in [0.2, 0.25) is 0 Å². The van der Waals surface area contributed by atoms with E-state index in [0.29, 0.717) is 23.0 Å². The van der Waals surface area contributed by atoms with Crippen molar-refractivity contribution in [2.75, 3.05) is 0 Å². The Labute approximate surface area is 342 Å². The van der Waals surface area contributed by atoms with Gasteiger partial charge < -0.3 is 0 Å². The summed E-state index contributed by atoms with van der Waals surface area (Å²) in [6, 6.07) is 64.0. The van der Waals surface area contributed by atoms with Crippen LogP contribution in [0.25, 0.3) is 50.9 Å². The van der Waals surface area contributed by atoms with Gasteiger partial charge in [-0.25, -0.2) is 15.0 Å². The lowest BCUT2D eigenvalue weighted by atomic mass is 9.62. The molecule has 5 heteroatoms. The molecule has 0 fully saturated rings. The summed E-state index contributed by atoms with van der Waals surface area (Å²) >= 11 is 1.86. The van der Waals surface area contributed by atoms with Gasteiger partial charge in [-0.2, -0.15) is 5.26 Å². The highest BCUT2D eigenvalue weighted by molar-refractivity contribution is 7.99. The minimum absolute atomic E-state index is 0.0862. The standard InChI is InChI=1S/C53H34N4S/c54-33-34-23-25-35(26-24-34)38-27-29-41-42-30-28-39(32-47(42)53(46(41)31-38)44-19-9-11-21-48(44)58-49-22-12-10-20-45(49)53)51-55-50(37-15-5-2-6-16-37)56-52(57-51)43-18-8-7-17-40(43)36-13-3-1-4-14-36/h1-32,41,46H. The van der Waals surface area contributed by atoms with Crippen LogP contribution in [0.5, 0.6) is 0 Å². The molecule has 58 heavy (non-hydrogen) atoms. The average molecular weight is 759 g/mol. The molecular formula is C53H34N4S. The fraction of sp³-hybridized carbons (Fsp3) is 0.0566. The SMILES string of the molecule is N#Cc1ccc(C2=CC3C(C=C2)c2ccc(-c4nc(-c5ccccc5)nc(-c5ccccc5-c5ccccc5)n4)cc2C32c3ccccc3Sc3ccccc32)cc1. The van der Waals surface area contributed by atoms with Crippen LogP contribution in [0, 0.1) is 17.2 Å². The summed E-state index contributed by atoms with van der Waals surface area (Å²) in [4.78, 5) is 18.2. The third-order valence-corrected chi connectivity index (χ3v) is 13.1. The van der Waals surface area contributed by atoms with Gasteiger partial charge in [0.05, 0.1) is 17.0 Å². The summed E-state index contributed by atoms with van der Waals surface area (Å²) in [5.41, 5.74) is 12.7. The van der Waals surface area contributed by atoms with E-state index in [1.54, 1.807) is 0 Å². The van der Waals surface area contributed by atoms with E-state index in [4.69, 9.17) is 15.0 Å². The first-order valence-corrected chi connectivity index (χ1v) is 20.4. The Morgan fingerprint density at radius 3 is 1.76 bits per heavy atom. The molecule has 0 radical (unpaired) electrons. The summed E-state index contributed by atoms with van der Waals surface area (Å²) in [5.74, 6) is 2.13. The molecule has 272 valence electrons. The molecule has 0 bridgehead atoms. The first-order valence-electron chi connectivity index (χ1n) is 19.6. The molecule has 1 aromatic heterocycles. The molecule has 11 rings (SSSR count). The largest absolute Gasteiger partial charge is 0.208 e. The van der Waals surface area contributed by atoms with Crippen molar-refractivity contribution in [1.29, 1.82) is 5.26 Å². The van der Waals surface area contributed by atoms with Crippen LogP contribution in [0.3, 0.4) is 0 Å². The molecule has 2 atom stereocenters. The van der Waals surface area contributed by atoms with Crippen LogP contribution in [0.4, 0.5) is 0 Å². The van der Waals surface area contributed by atoms with Crippen molar-refractivity contribution in [3.05, 3.63) is 228 Å². The summed E-state index contributed by atoms with van der Waals surface area (Å²) in [7, 11) is 0. The van der Waals surface area contributed by atoms with E-state index >= 15 is 0 Å². The lowest BCUT2D eigenvalue weighted by Crippen LogP contribution is -2.37. The Hall–Kier alpha value is -7.13. The molecule has 4 nitrogen and oxygen atoms in total. The molecule has 0 amide bonds. The number of fused-ring (bicyclic) bond motifs is 9. The van der Waals surface area contributed by atoms with Gasteiger partial charge >= 0.3 is 0 Å². The lowest BCUT2D eigenvalue weighted by molar-refractivity contribution is 0.443. The molecule has 8 aromatic rings. The van der Waals surface area contributed by atoms with Gasteiger partial charge in [0.25, 0.3) is 0 Å². The fourth-order valence-corrected chi connectivity index (χ4v) is 10.6. The molecular weight excluding hydrogens is 725 g/mol. The zero-order valence-corrected chi connectivity index (χ0v) is 32.1. The smallest absolute Gasteiger partial charge is 0.164 e. The maximum Gasteiger partial charge on any atom is 0.164 e. The monoisotopic (exact) mass is 758 g/mol. The summed E-state index contributed by atoms with van der Waals surface area (Å²) in [6.07, 6.45) is 7.15. The number of benzene rings is 7. The Bertz CT molecular complexity index is 2950. The second kappa shape index (κ2) is 13.8. The molecule has 2 unspecified atom stereocenters. The average Bonchev–Trinajstić information content (AvgIpc) is 3.58. The van der Waals surface area contributed by atoms with E-state index in [1.165, 1.54) is 32.0 Å². The zero-order chi connectivity index (χ0) is 38.6. The molecule has 2 heterocycles. The Morgan fingerprint density at radius 1 is 0.500 bits per heavy atom. The first kappa shape index (κ1) is 34.1. The third-order valence-electron chi connectivity index (χ3n) is 11.9.